The number of nitrogens with one attached hydrogen (secondary N) is 1. The quantitative estimate of drug-likeness (QED) is 0.735. The van der Waals surface area contributed by atoms with Crippen molar-refractivity contribution in [1.29, 1.82) is 0 Å². The molecule has 3 aromatic heterocycles. The van der Waals surface area contributed by atoms with Crippen LogP contribution >= 0.6 is 0 Å². The minimum Gasteiger partial charge on any atom is -0.481 e. The average molecular weight is 349 g/mol. The maximum Gasteiger partial charge on any atom is 0.236 e. The van der Waals surface area contributed by atoms with Crippen LogP contribution in [0.4, 0.5) is 5.82 Å². The van der Waals surface area contributed by atoms with Gasteiger partial charge in [0.05, 0.1) is 18.7 Å². The van der Waals surface area contributed by atoms with Crippen molar-refractivity contribution >= 4 is 11.7 Å². The molecule has 0 saturated carbocycles. The van der Waals surface area contributed by atoms with Crippen LogP contribution in [-0.2, 0) is 16.6 Å². The van der Waals surface area contributed by atoms with Gasteiger partial charge >= 0.3 is 0 Å². The van der Waals surface area contributed by atoms with E-state index in [0.29, 0.717) is 18.1 Å². The van der Waals surface area contributed by atoms with Crippen molar-refractivity contribution in [2.24, 2.45) is 0 Å². The monoisotopic (exact) mass is 349 g/mol. The molecule has 0 aliphatic heterocycles. The summed E-state index contributed by atoms with van der Waals surface area (Å²) in [6.07, 6.45) is 8.36. The lowest BCUT2D eigenvalue weighted by Gasteiger charge is -2.28. The van der Waals surface area contributed by atoms with Crippen LogP contribution in [0.25, 0.3) is 0 Å². The maximum absolute atomic E-state index is 13.1. The van der Waals surface area contributed by atoms with E-state index in [1.807, 2.05) is 31.2 Å². The van der Waals surface area contributed by atoms with Gasteiger partial charge in [0.1, 0.15) is 0 Å². The van der Waals surface area contributed by atoms with Gasteiger partial charge in [0, 0.05) is 43.0 Å². The molecular formula is C19H19N5O2. The second kappa shape index (κ2) is 7.69. The summed E-state index contributed by atoms with van der Waals surface area (Å²) in [5.41, 5.74) is 0.663. The van der Waals surface area contributed by atoms with Gasteiger partial charge < -0.3 is 10.1 Å². The summed E-state index contributed by atoms with van der Waals surface area (Å²) in [4.78, 5) is 29.8. The van der Waals surface area contributed by atoms with E-state index < -0.39 is 5.41 Å². The minimum atomic E-state index is -0.898. The Labute approximate surface area is 151 Å². The van der Waals surface area contributed by atoms with Crippen molar-refractivity contribution in [3.63, 3.8) is 0 Å². The molecule has 1 unspecified atom stereocenters. The molecule has 1 atom stereocenters. The van der Waals surface area contributed by atoms with Gasteiger partial charge in [-0.05, 0) is 24.6 Å². The van der Waals surface area contributed by atoms with E-state index in [-0.39, 0.29) is 5.91 Å². The molecule has 0 spiro atoms. The van der Waals surface area contributed by atoms with Gasteiger partial charge in [0.15, 0.2) is 5.82 Å². The number of hydrogen-bond acceptors (Lipinski definition) is 6. The molecule has 132 valence electrons. The molecule has 26 heavy (non-hydrogen) atoms. The van der Waals surface area contributed by atoms with Gasteiger partial charge in [-0.25, -0.2) is 9.97 Å². The van der Waals surface area contributed by atoms with Crippen LogP contribution in [0.15, 0.2) is 61.3 Å². The fourth-order valence-corrected chi connectivity index (χ4v) is 2.62. The summed E-state index contributed by atoms with van der Waals surface area (Å²) >= 11 is 0. The van der Waals surface area contributed by atoms with Gasteiger partial charge in [-0.2, -0.15) is 0 Å². The molecule has 0 bridgehead atoms. The average Bonchev–Trinajstić information content (AvgIpc) is 2.69. The fourth-order valence-electron chi connectivity index (χ4n) is 2.62. The van der Waals surface area contributed by atoms with Gasteiger partial charge in [-0.3, -0.25) is 14.8 Å². The predicted octanol–water partition coefficient (Wildman–Crippen LogP) is 2.41. The number of anilines is 1. The first-order valence-corrected chi connectivity index (χ1v) is 8.10. The molecule has 1 N–H and O–H groups in total. The third-order valence-electron chi connectivity index (χ3n) is 4.15. The number of rotatable bonds is 6. The maximum atomic E-state index is 13.1. The van der Waals surface area contributed by atoms with Crippen LogP contribution in [0, 0.1) is 0 Å². The summed E-state index contributed by atoms with van der Waals surface area (Å²) in [6.45, 7) is 1.86. The SMILES string of the molecule is COc1ccc(C(C)(Cc2ccccn2)C(=O)Nc2cnccn2)cn1. The molecule has 0 aliphatic carbocycles. The molecule has 3 rings (SSSR count). The number of methoxy groups -OCH3 is 1. The number of amides is 1. The lowest BCUT2D eigenvalue weighted by atomic mass is 9.78. The van der Waals surface area contributed by atoms with Crippen molar-refractivity contribution in [2.45, 2.75) is 18.8 Å². The summed E-state index contributed by atoms with van der Waals surface area (Å²) in [5, 5.41) is 2.83. The van der Waals surface area contributed by atoms with E-state index in [0.717, 1.165) is 11.3 Å². The lowest BCUT2D eigenvalue weighted by Crippen LogP contribution is -2.40. The normalized spacial score (nSPS) is 12.8. The highest BCUT2D eigenvalue weighted by molar-refractivity contribution is 5.98. The van der Waals surface area contributed by atoms with Gasteiger partial charge in [0.2, 0.25) is 11.8 Å². The molecule has 0 saturated heterocycles. The Morgan fingerprint density at radius 1 is 1.08 bits per heavy atom. The first-order chi connectivity index (χ1) is 12.6. The standard InChI is InChI=1S/C19H19N5O2/c1-19(11-15-5-3-4-8-21-15,14-6-7-17(26-2)23-12-14)18(25)24-16-13-20-9-10-22-16/h3-10,12-13H,11H2,1-2H3,(H,22,24,25). The van der Waals surface area contributed by atoms with E-state index in [1.54, 1.807) is 31.8 Å². The Morgan fingerprint density at radius 2 is 1.96 bits per heavy atom. The molecule has 7 heteroatoms. The number of aromatic nitrogens is 4. The largest absolute Gasteiger partial charge is 0.481 e. The van der Waals surface area contributed by atoms with E-state index in [4.69, 9.17) is 4.74 Å². The molecule has 3 heterocycles. The molecule has 7 nitrogen and oxygen atoms in total. The molecule has 1 amide bonds. The van der Waals surface area contributed by atoms with E-state index in [1.165, 1.54) is 12.4 Å². The number of pyridine rings is 2. The number of carbonyl (C=O) groups is 1. The zero-order valence-corrected chi connectivity index (χ0v) is 14.6. The summed E-state index contributed by atoms with van der Waals surface area (Å²) < 4.78 is 5.11. The lowest BCUT2D eigenvalue weighted by molar-refractivity contribution is -0.121. The predicted molar refractivity (Wildman–Crippen MR) is 96.7 cm³/mol. The van der Waals surface area contributed by atoms with E-state index in [2.05, 4.69) is 25.3 Å². The van der Waals surface area contributed by atoms with Crippen LogP contribution in [0.2, 0.25) is 0 Å². The second-order valence-corrected chi connectivity index (χ2v) is 5.96. The molecule has 0 radical (unpaired) electrons. The second-order valence-electron chi connectivity index (χ2n) is 5.96. The molecule has 0 fully saturated rings. The Bertz CT molecular complexity index is 856. The van der Waals surface area contributed by atoms with E-state index >= 15 is 0 Å². The number of ether oxygens (including phenoxy) is 1. The minimum absolute atomic E-state index is 0.212. The van der Waals surface area contributed by atoms with E-state index in [9.17, 15) is 4.79 Å². The van der Waals surface area contributed by atoms with Crippen molar-refractivity contribution in [1.82, 2.24) is 19.9 Å². The summed E-state index contributed by atoms with van der Waals surface area (Å²) in [6, 6.07) is 9.21. The van der Waals surface area contributed by atoms with Crippen molar-refractivity contribution in [3.05, 3.63) is 72.6 Å². The topological polar surface area (TPSA) is 89.9 Å². The van der Waals surface area contributed by atoms with Crippen LogP contribution in [0.3, 0.4) is 0 Å². The Kier molecular flexibility index (Phi) is 5.17. The third kappa shape index (κ3) is 3.83. The molecule has 0 aromatic carbocycles. The molecular weight excluding hydrogens is 330 g/mol. The molecule has 3 aromatic rings. The first kappa shape index (κ1) is 17.5. The van der Waals surface area contributed by atoms with Crippen LogP contribution in [-0.4, -0.2) is 33.0 Å². The van der Waals surface area contributed by atoms with Crippen molar-refractivity contribution in [2.75, 3.05) is 12.4 Å². The summed E-state index contributed by atoms with van der Waals surface area (Å²) in [5.74, 6) is 0.671. The highest BCUT2D eigenvalue weighted by Gasteiger charge is 2.36. The smallest absolute Gasteiger partial charge is 0.236 e. The zero-order chi connectivity index (χ0) is 18.4. The Balaban J connectivity index is 1.95. The van der Waals surface area contributed by atoms with Crippen molar-refractivity contribution in [3.8, 4) is 5.88 Å². The van der Waals surface area contributed by atoms with Crippen LogP contribution < -0.4 is 10.1 Å². The Morgan fingerprint density at radius 3 is 2.58 bits per heavy atom. The van der Waals surface area contributed by atoms with Gasteiger partial charge in [-0.15, -0.1) is 0 Å². The van der Waals surface area contributed by atoms with Crippen LogP contribution in [0.1, 0.15) is 18.2 Å². The fraction of sp³-hybridized carbons (Fsp3) is 0.211. The van der Waals surface area contributed by atoms with Gasteiger partial charge in [-0.1, -0.05) is 12.1 Å². The van der Waals surface area contributed by atoms with Crippen LogP contribution in [0.5, 0.6) is 5.88 Å². The summed E-state index contributed by atoms with van der Waals surface area (Å²) in [7, 11) is 1.55. The Hall–Kier alpha value is -3.35. The van der Waals surface area contributed by atoms with Gasteiger partial charge in [0.25, 0.3) is 0 Å². The number of hydrogen-bond donors (Lipinski definition) is 1. The zero-order valence-electron chi connectivity index (χ0n) is 14.6. The highest BCUT2D eigenvalue weighted by atomic mass is 16.5. The number of carbonyl (C=O) groups excluding carboxylic acids is 1. The first-order valence-electron chi connectivity index (χ1n) is 8.10. The third-order valence-corrected chi connectivity index (χ3v) is 4.15. The highest BCUT2D eigenvalue weighted by Crippen LogP contribution is 2.29. The number of nitrogens with zero attached hydrogens (tertiary/aromatic N) is 4. The molecule has 0 aliphatic rings. The van der Waals surface area contributed by atoms with Crippen molar-refractivity contribution < 1.29 is 9.53 Å².